The topological polar surface area (TPSA) is 88.3 Å². The van der Waals surface area contributed by atoms with Gasteiger partial charge in [-0.25, -0.2) is 4.79 Å². The summed E-state index contributed by atoms with van der Waals surface area (Å²) in [5.41, 5.74) is 1.47. The molecule has 33 heavy (non-hydrogen) atoms. The normalized spacial score (nSPS) is 20.3. The number of aryl methyl sites for hydroxylation is 2. The molecule has 2 heterocycles. The summed E-state index contributed by atoms with van der Waals surface area (Å²) in [7, 11) is 0. The van der Waals surface area contributed by atoms with Crippen molar-refractivity contribution in [2.45, 2.75) is 44.4 Å². The second-order valence-electron chi connectivity index (χ2n) is 8.37. The van der Waals surface area contributed by atoms with Crippen molar-refractivity contribution in [1.29, 1.82) is 0 Å². The number of urea groups is 1. The highest BCUT2D eigenvalue weighted by Gasteiger charge is 2.49. The average Bonchev–Trinajstić information content (AvgIpc) is 3.49. The van der Waals surface area contributed by atoms with Gasteiger partial charge in [-0.2, -0.15) is 18.2 Å². The van der Waals surface area contributed by atoms with Crippen LogP contribution in [0, 0.1) is 0 Å². The van der Waals surface area contributed by atoms with Gasteiger partial charge in [0, 0.05) is 5.56 Å². The van der Waals surface area contributed by atoms with Crippen molar-refractivity contribution in [3.63, 3.8) is 0 Å². The fourth-order valence-corrected chi connectivity index (χ4v) is 4.30. The lowest BCUT2D eigenvalue weighted by Gasteiger charge is -2.22. The molecule has 1 atom stereocenters. The van der Waals surface area contributed by atoms with E-state index in [0.717, 1.165) is 36.3 Å². The van der Waals surface area contributed by atoms with E-state index in [9.17, 15) is 22.8 Å². The molecule has 2 aliphatic rings. The van der Waals surface area contributed by atoms with Gasteiger partial charge in [0.25, 0.3) is 5.91 Å². The molecule has 1 unspecified atom stereocenters. The Kier molecular flexibility index (Phi) is 4.77. The molecule has 1 fully saturated rings. The monoisotopic (exact) mass is 456 g/mol. The van der Waals surface area contributed by atoms with Crippen LogP contribution in [0.1, 0.15) is 41.5 Å². The van der Waals surface area contributed by atoms with Crippen molar-refractivity contribution in [3.05, 3.63) is 70.6 Å². The first-order chi connectivity index (χ1) is 15.6. The maximum Gasteiger partial charge on any atom is 0.416 e. The number of hydrogen-bond donors (Lipinski definition) is 1. The molecule has 170 valence electrons. The average molecular weight is 456 g/mol. The zero-order valence-electron chi connectivity index (χ0n) is 17.6. The summed E-state index contributed by atoms with van der Waals surface area (Å²) in [6.45, 7) is 1.41. The maximum absolute atomic E-state index is 13.2. The highest BCUT2D eigenvalue weighted by Crippen LogP contribution is 2.34. The van der Waals surface area contributed by atoms with Crippen molar-refractivity contribution in [3.8, 4) is 11.4 Å². The molecule has 10 heteroatoms. The third kappa shape index (κ3) is 3.65. The van der Waals surface area contributed by atoms with Gasteiger partial charge in [-0.15, -0.1) is 0 Å². The summed E-state index contributed by atoms with van der Waals surface area (Å²) in [4.78, 5) is 31.0. The minimum atomic E-state index is -4.45. The zero-order chi connectivity index (χ0) is 23.4. The number of fused-ring (bicyclic) bond motifs is 1. The fourth-order valence-electron chi connectivity index (χ4n) is 4.30. The lowest BCUT2D eigenvalue weighted by Crippen LogP contribution is -2.41. The number of carbonyl (C=O) groups is 2. The number of alkyl halides is 3. The lowest BCUT2D eigenvalue weighted by atomic mass is 9.90. The summed E-state index contributed by atoms with van der Waals surface area (Å²) >= 11 is 0. The molecule has 1 aromatic heterocycles. The second-order valence-corrected chi connectivity index (χ2v) is 8.37. The number of halogens is 3. The van der Waals surface area contributed by atoms with E-state index in [4.69, 9.17) is 4.52 Å². The fraction of sp³-hybridized carbons (Fsp3) is 0.304. The van der Waals surface area contributed by atoms with Crippen LogP contribution in [0.3, 0.4) is 0 Å². The van der Waals surface area contributed by atoms with Crippen LogP contribution in [0.15, 0.2) is 47.0 Å². The molecule has 1 saturated heterocycles. The van der Waals surface area contributed by atoms with Gasteiger partial charge in [-0.3, -0.25) is 9.69 Å². The van der Waals surface area contributed by atoms with Crippen LogP contribution in [0.5, 0.6) is 0 Å². The van der Waals surface area contributed by atoms with Crippen LogP contribution >= 0.6 is 0 Å². The number of imide groups is 1. The molecule has 0 bridgehead atoms. The van der Waals surface area contributed by atoms with E-state index in [2.05, 4.69) is 15.5 Å². The summed E-state index contributed by atoms with van der Waals surface area (Å²) < 4.78 is 43.4. The zero-order valence-corrected chi connectivity index (χ0v) is 17.6. The van der Waals surface area contributed by atoms with E-state index in [-0.39, 0.29) is 18.3 Å². The van der Waals surface area contributed by atoms with Crippen molar-refractivity contribution in [1.82, 2.24) is 20.4 Å². The third-order valence-electron chi connectivity index (χ3n) is 6.18. The van der Waals surface area contributed by atoms with Crippen LogP contribution in [0.2, 0.25) is 0 Å². The maximum atomic E-state index is 13.2. The second kappa shape index (κ2) is 7.43. The van der Waals surface area contributed by atoms with Crippen molar-refractivity contribution < 1.29 is 27.3 Å². The quantitative estimate of drug-likeness (QED) is 0.594. The first-order valence-electron chi connectivity index (χ1n) is 10.4. The first-order valence-corrected chi connectivity index (χ1v) is 10.4. The number of rotatable bonds is 4. The molecule has 3 amide bonds. The molecule has 7 nitrogen and oxygen atoms in total. The Morgan fingerprint density at radius 1 is 1.09 bits per heavy atom. The Labute approximate surface area is 186 Å². The molecular formula is C23H19F3N4O3. The molecule has 0 radical (unpaired) electrons. The standard InChI is InChI=1S/C23H19F3N4O3/c1-22(17-10-5-13-3-2-4-15(13)11-17)20(31)30(21(32)28-22)12-18-27-19(29-33-18)14-6-8-16(9-7-14)23(24,25)26/h5-11H,2-4,12H2,1H3,(H,28,32). The third-order valence-corrected chi connectivity index (χ3v) is 6.18. The number of nitrogens with zero attached hydrogens (tertiary/aromatic N) is 3. The summed E-state index contributed by atoms with van der Waals surface area (Å²) in [5.74, 6) is -0.390. The van der Waals surface area contributed by atoms with E-state index in [0.29, 0.717) is 11.1 Å². The van der Waals surface area contributed by atoms with Gasteiger partial charge in [-0.1, -0.05) is 35.5 Å². The highest BCUT2D eigenvalue weighted by atomic mass is 19.4. The van der Waals surface area contributed by atoms with Gasteiger partial charge in [0.1, 0.15) is 12.1 Å². The van der Waals surface area contributed by atoms with E-state index in [1.165, 1.54) is 23.3 Å². The Morgan fingerprint density at radius 3 is 2.55 bits per heavy atom. The van der Waals surface area contributed by atoms with Crippen molar-refractivity contribution in [2.24, 2.45) is 0 Å². The van der Waals surface area contributed by atoms with E-state index >= 15 is 0 Å². The molecule has 5 rings (SSSR count). The van der Waals surface area contributed by atoms with Gasteiger partial charge in [0.15, 0.2) is 0 Å². The van der Waals surface area contributed by atoms with E-state index < -0.39 is 29.2 Å². The van der Waals surface area contributed by atoms with Gasteiger partial charge < -0.3 is 9.84 Å². The number of nitrogens with one attached hydrogen (secondary N) is 1. The van der Waals surface area contributed by atoms with Gasteiger partial charge in [0.2, 0.25) is 11.7 Å². The van der Waals surface area contributed by atoms with Crippen LogP contribution in [0.25, 0.3) is 11.4 Å². The predicted molar refractivity (Wildman–Crippen MR) is 110 cm³/mol. The highest BCUT2D eigenvalue weighted by molar-refractivity contribution is 6.07. The Balaban J connectivity index is 1.34. The summed E-state index contributed by atoms with van der Waals surface area (Å²) in [6.07, 6.45) is -1.42. The van der Waals surface area contributed by atoms with Gasteiger partial charge in [0.05, 0.1) is 5.56 Å². The number of amides is 3. The SMILES string of the molecule is CC1(c2ccc3c(c2)CCC3)NC(=O)N(Cc2nc(-c3ccc(C(F)(F)F)cc3)no2)C1=O. The van der Waals surface area contributed by atoms with Crippen molar-refractivity contribution in [2.75, 3.05) is 0 Å². The van der Waals surface area contributed by atoms with Crippen LogP contribution in [0.4, 0.5) is 18.0 Å². The number of benzene rings is 2. The summed E-state index contributed by atoms with van der Waals surface area (Å²) in [6, 6.07) is 9.55. The minimum Gasteiger partial charge on any atom is -0.337 e. The Morgan fingerprint density at radius 2 is 1.82 bits per heavy atom. The van der Waals surface area contributed by atoms with Crippen LogP contribution in [-0.2, 0) is 35.9 Å². The molecule has 0 saturated carbocycles. The number of hydrogen-bond acceptors (Lipinski definition) is 5. The smallest absolute Gasteiger partial charge is 0.337 e. The van der Waals surface area contributed by atoms with Gasteiger partial charge >= 0.3 is 12.2 Å². The van der Waals surface area contributed by atoms with Crippen LogP contribution < -0.4 is 5.32 Å². The summed E-state index contributed by atoms with van der Waals surface area (Å²) in [5, 5.41) is 6.52. The molecule has 2 aromatic carbocycles. The lowest BCUT2D eigenvalue weighted by molar-refractivity contribution is -0.137. The van der Waals surface area contributed by atoms with Crippen LogP contribution in [-0.4, -0.2) is 27.0 Å². The Bertz CT molecular complexity index is 1250. The largest absolute Gasteiger partial charge is 0.416 e. The molecule has 0 spiro atoms. The molecular weight excluding hydrogens is 437 g/mol. The molecule has 1 aliphatic heterocycles. The first kappa shape index (κ1) is 21.2. The number of aromatic nitrogens is 2. The molecule has 1 aliphatic carbocycles. The Hall–Kier alpha value is -3.69. The minimum absolute atomic E-state index is 0.00778. The molecule has 3 aromatic rings. The predicted octanol–water partition coefficient (Wildman–Crippen LogP) is 4.21. The van der Waals surface area contributed by atoms with Crippen molar-refractivity contribution >= 4 is 11.9 Å². The van der Waals surface area contributed by atoms with Gasteiger partial charge in [-0.05, 0) is 55.0 Å². The van der Waals surface area contributed by atoms with E-state index in [1.807, 2.05) is 18.2 Å². The molecule has 1 N–H and O–H groups in total. The number of carbonyl (C=O) groups excluding carboxylic acids is 2. The van der Waals surface area contributed by atoms with E-state index in [1.54, 1.807) is 6.92 Å².